The van der Waals surface area contributed by atoms with Crippen LogP contribution in [0.2, 0.25) is 0 Å². The van der Waals surface area contributed by atoms with E-state index in [1.165, 1.54) is 6.33 Å². The zero-order valence-electron chi connectivity index (χ0n) is 7.05. The number of nitrogens with two attached hydrogens (primary N) is 1. The van der Waals surface area contributed by atoms with Crippen molar-refractivity contribution < 1.29 is 9.84 Å². The zero-order chi connectivity index (χ0) is 9.31. The molecule has 1 aromatic rings. The minimum atomic E-state index is -0.940. The molecule has 1 aliphatic heterocycles. The molecule has 5 heteroatoms. The minimum absolute atomic E-state index is 0.281. The van der Waals surface area contributed by atoms with Crippen LogP contribution in [0.1, 0.15) is 11.6 Å². The highest BCUT2D eigenvalue weighted by Gasteiger charge is 2.43. The second kappa shape index (κ2) is 3.02. The summed E-state index contributed by atoms with van der Waals surface area (Å²) in [6, 6.07) is -0.470. The molecule has 70 valence electrons. The highest BCUT2D eigenvalue weighted by Crippen LogP contribution is 2.29. The number of hydrogen-bond donors (Lipinski definition) is 2. The van der Waals surface area contributed by atoms with Crippen molar-refractivity contribution in [3.8, 4) is 0 Å². The Kier molecular flexibility index (Phi) is 1.99. The highest BCUT2D eigenvalue weighted by molar-refractivity contribution is 5.15. The smallest absolute Gasteiger partial charge is 0.130 e. The van der Waals surface area contributed by atoms with Gasteiger partial charge in [0.25, 0.3) is 0 Å². The van der Waals surface area contributed by atoms with Gasteiger partial charge in [0.05, 0.1) is 19.3 Å². The fourth-order valence-electron chi connectivity index (χ4n) is 1.27. The largest absolute Gasteiger partial charge is 0.383 e. The number of nitrogens with zero attached hydrogens (tertiary/aromatic N) is 2. The minimum Gasteiger partial charge on any atom is -0.383 e. The van der Waals surface area contributed by atoms with Gasteiger partial charge in [-0.1, -0.05) is 0 Å². The molecular weight excluding hydrogens is 170 g/mol. The quantitative estimate of drug-likeness (QED) is 0.626. The van der Waals surface area contributed by atoms with Crippen LogP contribution in [0, 0.1) is 0 Å². The molecule has 13 heavy (non-hydrogen) atoms. The van der Waals surface area contributed by atoms with Gasteiger partial charge < -0.3 is 15.6 Å². The second-order valence-electron chi connectivity index (χ2n) is 3.25. The van der Waals surface area contributed by atoms with E-state index in [-0.39, 0.29) is 13.2 Å². The number of hydrogen-bond acceptors (Lipinski definition) is 5. The molecule has 0 aromatic carbocycles. The fourth-order valence-corrected chi connectivity index (χ4v) is 1.27. The van der Waals surface area contributed by atoms with E-state index in [1.54, 1.807) is 12.4 Å². The maximum absolute atomic E-state index is 9.83. The fraction of sp³-hybridized carbons (Fsp3) is 0.500. The van der Waals surface area contributed by atoms with Crippen molar-refractivity contribution in [1.82, 2.24) is 9.97 Å². The molecule has 0 spiro atoms. The van der Waals surface area contributed by atoms with Crippen LogP contribution in [0.15, 0.2) is 18.7 Å². The van der Waals surface area contributed by atoms with Gasteiger partial charge in [0.1, 0.15) is 11.9 Å². The van der Waals surface area contributed by atoms with Crippen LogP contribution in [-0.4, -0.2) is 33.9 Å². The third-order valence-corrected chi connectivity index (χ3v) is 2.22. The molecule has 1 aliphatic rings. The molecule has 2 heterocycles. The lowest BCUT2D eigenvalue weighted by molar-refractivity contribution is -0.190. The van der Waals surface area contributed by atoms with Crippen molar-refractivity contribution in [3.63, 3.8) is 0 Å². The molecule has 1 aromatic heterocycles. The molecule has 5 nitrogen and oxygen atoms in total. The molecule has 1 unspecified atom stereocenters. The van der Waals surface area contributed by atoms with Gasteiger partial charge in [-0.05, 0) is 0 Å². The summed E-state index contributed by atoms with van der Waals surface area (Å²) in [5.41, 5.74) is 5.61. The number of aliphatic hydroxyl groups is 1. The Morgan fingerprint density at radius 1 is 1.46 bits per heavy atom. The molecule has 1 fully saturated rings. The first-order chi connectivity index (χ1) is 6.22. The van der Waals surface area contributed by atoms with Crippen LogP contribution in [0.3, 0.4) is 0 Å². The summed E-state index contributed by atoms with van der Waals surface area (Å²) in [5.74, 6) is 0. The molecule has 2 rings (SSSR count). The Bertz CT molecular complexity index is 287. The monoisotopic (exact) mass is 181 g/mol. The first-order valence-electron chi connectivity index (χ1n) is 4.03. The van der Waals surface area contributed by atoms with E-state index < -0.39 is 11.6 Å². The summed E-state index contributed by atoms with van der Waals surface area (Å²) in [6.07, 6.45) is 4.64. The first-order valence-corrected chi connectivity index (χ1v) is 4.03. The Labute approximate surface area is 75.6 Å². The predicted octanol–water partition coefficient (Wildman–Crippen LogP) is -0.762. The lowest BCUT2D eigenvalue weighted by Gasteiger charge is -2.40. The van der Waals surface area contributed by atoms with Gasteiger partial charge in [-0.3, -0.25) is 0 Å². The molecule has 3 N–H and O–H groups in total. The Morgan fingerprint density at radius 3 is 2.54 bits per heavy atom. The number of aromatic nitrogens is 2. The van der Waals surface area contributed by atoms with Crippen molar-refractivity contribution in [3.05, 3.63) is 24.3 Å². The topological polar surface area (TPSA) is 81.3 Å². The van der Waals surface area contributed by atoms with E-state index in [0.29, 0.717) is 0 Å². The molecule has 0 aliphatic carbocycles. The van der Waals surface area contributed by atoms with Crippen LogP contribution in [0.5, 0.6) is 0 Å². The standard InChI is InChI=1S/C8H11N3O2/c9-7(8(12)3-13-4-8)6-1-10-5-11-2-6/h1-2,5,7,12H,3-4,9H2. The lowest BCUT2D eigenvalue weighted by atomic mass is 9.89. The Morgan fingerprint density at radius 2 is 2.08 bits per heavy atom. The summed E-state index contributed by atoms with van der Waals surface area (Å²) in [5, 5.41) is 9.83. The molecule has 1 atom stereocenters. The zero-order valence-corrected chi connectivity index (χ0v) is 7.05. The third-order valence-electron chi connectivity index (χ3n) is 2.22. The van der Waals surface area contributed by atoms with E-state index >= 15 is 0 Å². The van der Waals surface area contributed by atoms with Gasteiger partial charge >= 0.3 is 0 Å². The second-order valence-corrected chi connectivity index (χ2v) is 3.25. The average Bonchev–Trinajstić information content (AvgIpc) is 2.14. The SMILES string of the molecule is NC(c1cncnc1)C1(O)COC1. The van der Waals surface area contributed by atoms with Gasteiger partial charge in [-0.15, -0.1) is 0 Å². The number of ether oxygens (including phenoxy) is 1. The van der Waals surface area contributed by atoms with E-state index in [4.69, 9.17) is 10.5 Å². The van der Waals surface area contributed by atoms with Crippen LogP contribution in [-0.2, 0) is 4.74 Å². The normalized spacial score (nSPS) is 22.0. The third kappa shape index (κ3) is 1.41. The summed E-state index contributed by atoms with van der Waals surface area (Å²) in [7, 11) is 0. The van der Waals surface area contributed by atoms with E-state index in [9.17, 15) is 5.11 Å². The number of rotatable bonds is 2. The molecule has 0 bridgehead atoms. The summed E-state index contributed by atoms with van der Waals surface area (Å²) in [6.45, 7) is 0.562. The summed E-state index contributed by atoms with van der Waals surface area (Å²) >= 11 is 0. The van der Waals surface area contributed by atoms with Gasteiger partial charge in [0.2, 0.25) is 0 Å². The van der Waals surface area contributed by atoms with Crippen molar-refractivity contribution >= 4 is 0 Å². The van der Waals surface area contributed by atoms with Crippen LogP contribution in [0.4, 0.5) is 0 Å². The summed E-state index contributed by atoms with van der Waals surface area (Å²) in [4.78, 5) is 7.67. The maximum Gasteiger partial charge on any atom is 0.130 e. The van der Waals surface area contributed by atoms with Crippen molar-refractivity contribution in [1.29, 1.82) is 0 Å². The highest BCUT2D eigenvalue weighted by atomic mass is 16.5. The van der Waals surface area contributed by atoms with Gasteiger partial charge in [-0.2, -0.15) is 0 Å². The van der Waals surface area contributed by atoms with E-state index in [0.717, 1.165) is 5.56 Å². The van der Waals surface area contributed by atoms with Gasteiger partial charge in [-0.25, -0.2) is 9.97 Å². The first kappa shape index (κ1) is 8.55. The predicted molar refractivity (Wildman–Crippen MR) is 44.7 cm³/mol. The van der Waals surface area contributed by atoms with E-state index in [2.05, 4.69) is 9.97 Å². The summed E-state index contributed by atoms with van der Waals surface area (Å²) < 4.78 is 4.91. The maximum atomic E-state index is 9.83. The van der Waals surface area contributed by atoms with Gasteiger partial charge in [0, 0.05) is 18.0 Å². The van der Waals surface area contributed by atoms with Crippen LogP contribution in [0.25, 0.3) is 0 Å². The van der Waals surface area contributed by atoms with Crippen molar-refractivity contribution in [2.45, 2.75) is 11.6 Å². The molecule has 0 radical (unpaired) electrons. The molecule has 0 saturated carbocycles. The van der Waals surface area contributed by atoms with Crippen molar-refractivity contribution in [2.75, 3.05) is 13.2 Å². The van der Waals surface area contributed by atoms with Crippen LogP contribution >= 0.6 is 0 Å². The van der Waals surface area contributed by atoms with Gasteiger partial charge in [0.15, 0.2) is 0 Å². The lowest BCUT2D eigenvalue weighted by Crippen LogP contribution is -2.56. The molecule has 0 amide bonds. The molecular formula is C8H11N3O2. The average molecular weight is 181 g/mol. The van der Waals surface area contributed by atoms with Crippen LogP contribution < -0.4 is 5.73 Å². The van der Waals surface area contributed by atoms with Crippen molar-refractivity contribution in [2.24, 2.45) is 5.73 Å². The Hall–Kier alpha value is -1.04. The molecule has 1 saturated heterocycles. The Balaban J connectivity index is 2.17. The van der Waals surface area contributed by atoms with E-state index in [1.807, 2.05) is 0 Å².